The first kappa shape index (κ1) is 35.3. The van der Waals surface area contributed by atoms with Crippen molar-refractivity contribution in [3.05, 3.63) is 199 Å². The molecule has 0 fully saturated rings. The maximum atomic E-state index is 9.60. The van der Waals surface area contributed by atoms with Crippen molar-refractivity contribution in [2.45, 2.75) is 0 Å². The van der Waals surface area contributed by atoms with Crippen molar-refractivity contribution in [2.75, 3.05) is 0 Å². The number of hydrogen-bond donors (Lipinski definition) is 2. The standard InChI is InChI=1S/C58H34N4OS/c59-58(60-32-33-20-22-44-43-15-5-8-19-55(43)64-56(44)24-33)49-30-38(29-48-42-14-4-7-18-54(42)63-57(48)49)62-52-28-35-11-2-1-10-34(35)25-46(52)47-26-36-12-9-16-39(45(36)31-53(47)62)37-21-23-41-40-13-3-6-17-50(40)61-51(41)27-37/h1-32,59,61H/b59-58?,60-32+. The number of para-hydroxylation sites is 2. The smallest absolute Gasteiger partial charge is 0.155 e. The second-order valence-corrected chi connectivity index (χ2v) is 17.9. The van der Waals surface area contributed by atoms with Crippen molar-refractivity contribution in [1.82, 2.24) is 9.55 Å². The molecule has 0 spiro atoms. The second-order valence-electron chi connectivity index (χ2n) is 16.8. The number of aliphatic imine (C=N–C) groups is 1. The predicted octanol–water partition coefficient (Wildman–Crippen LogP) is 16.1. The van der Waals surface area contributed by atoms with Crippen LogP contribution in [0.3, 0.4) is 0 Å². The third-order valence-electron chi connectivity index (χ3n) is 13.2. The molecule has 14 rings (SSSR count). The van der Waals surface area contributed by atoms with E-state index in [0.717, 1.165) is 55.2 Å². The number of nitrogens with zero attached hydrogens (tertiary/aromatic N) is 2. The number of thiophene rings is 1. The molecule has 6 heteroatoms. The van der Waals surface area contributed by atoms with Crippen LogP contribution in [-0.4, -0.2) is 21.6 Å². The van der Waals surface area contributed by atoms with Crippen LogP contribution in [0, 0.1) is 5.41 Å². The number of hydrogen-bond acceptors (Lipinski definition) is 3. The van der Waals surface area contributed by atoms with Crippen molar-refractivity contribution >= 4 is 131 Å². The summed E-state index contributed by atoms with van der Waals surface area (Å²) in [5.41, 5.74) is 10.7. The minimum Gasteiger partial charge on any atom is -0.455 e. The average Bonchev–Trinajstić information content (AvgIpc) is 4.09. The van der Waals surface area contributed by atoms with E-state index in [4.69, 9.17) is 9.41 Å². The molecule has 298 valence electrons. The Labute approximate surface area is 369 Å². The number of amidine groups is 1. The third-order valence-corrected chi connectivity index (χ3v) is 14.3. The normalized spacial score (nSPS) is 12.4. The topological polar surface area (TPSA) is 70.1 Å². The summed E-state index contributed by atoms with van der Waals surface area (Å²) in [6.07, 6.45) is 1.81. The van der Waals surface area contributed by atoms with E-state index in [1.807, 2.05) is 18.2 Å². The van der Waals surface area contributed by atoms with E-state index < -0.39 is 0 Å². The van der Waals surface area contributed by atoms with Crippen LogP contribution in [0.25, 0.3) is 124 Å². The largest absolute Gasteiger partial charge is 0.455 e. The molecular formula is C58H34N4OS. The van der Waals surface area contributed by atoms with E-state index in [9.17, 15) is 5.41 Å². The molecule has 2 N–H and O–H groups in total. The molecule has 0 radical (unpaired) electrons. The van der Waals surface area contributed by atoms with Gasteiger partial charge in [-0.3, -0.25) is 5.41 Å². The van der Waals surface area contributed by atoms with Gasteiger partial charge in [-0.2, -0.15) is 0 Å². The van der Waals surface area contributed by atoms with Crippen molar-refractivity contribution < 1.29 is 4.42 Å². The van der Waals surface area contributed by atoms with Gasteiger partial charge in [0.15, 0.2) is 5.84 Å². The SMILES string of the molecule is N=C(/N=C/c1ccc2c(c1)sc1ccccc12)c1cc(-n2c3cc4ccccc4cc3c3cc4cccc(-c5ccc6c(c5)[nH]c5ccccc56)c4cc32)cc2c1oc1ccccc12. The number of aromatic amines is 1. The lowest BCUT2D eigenvalue weighted by Gasteiger charge is -2.13. The summed E-state index contributed by atoms with van der Waals surface area (Å²) in [5.74, 6) is 0.133. The van der Waals surface area contributed by atoms with E-state index in [0.29, 0.717) is 11.1 Å². The van der Waals surface area contributed by atoms with Gasteiger partial charge in [0, 0.05) is 75.4 Å². The van der Waals surface area contributed by atoms with Crippen LogP contribution in [0.4, 0.5) is 0 Å². The van der Waals surface area contributed by atoms with Crippen LogP contribution in [0.1, 0.15) is 11.1 Å². The van der Waals surface area contributed by atoms with Gasteiger partial charge in [0.1, 0.15) is 11.2 Å². The fourth-order valence-electron chi connectivity index (χ4n) is 10.2. The first-order chi connectivity index (χ1) is 31.6. The van der Waals surface area contributed by atoms with Crippen molar-refractivity contribution in [3.63, 3.8) is 0 Å². The fourth-order valence-corrected chi connectivity index (χ4v) is 11.3. The number of nitrogens with one attached hydrogen (secondary N) is 2. The van der Waals surface area contributed by atoms with Crippen molar-refractivity contribution in [2.24, 2.45) is 4.99 Å². The zero-order valence-electron chi connectivity index (χ0n) is 34.2. The maximum absolute atomic E-state index is 9.60. The molecule has 0 unspecified atom stereocenters. The van der Waals surface area contributed by atoms with Crippen molar-refractivity contribution in [3.8, 4) is 16.8 Å². The quantitative estimate of drug-likeness (QED) is 0.135. The zero-order chi connectivity index (χ0) is 42.0. The van der Waals surface area contributed by atoms with Gasteiger partial charge in [0.2, 0.25) is 0 Å². The number of furan rings is 1. The lowest BCUT2D eigenvalue weighted by molar-refractivity contribution is 0.668. The molecule has 0 aliphatic heterocycles. The van der Waals surface area contributed by atoms with E-state index in [1.54, 1.807) is 17.6 Å². The molecule has 4 aromatic heterocycles. The molecule has 0 bridgehead atoms. The summed E-state index contributed by atoms with van der Waals surface area (Å²) in [4.78, 5) is 8.51. The highest BCUT2D eigenvalue weighted by atomic mass is 32.1. The lowest BCUT2D eigenvalue weighted by Crippen LogP contribution is -2.01. The molecule has 14 aromatic rings. The molecule has 10 aromatic carbocycles. The number of aromatic nitrogens is 2. The zero-order valence-corrected chi connectivity index (χ0v) is 35.0. The van der Waals surface area contributed by atoms with Crippen molar-refractivity contribution in [1.29, 1.82) is 5.41 Å². The summed E-state index contributed by atoms with van der Waals surface area (Å²) < 4.78 is 11.4. The fraction of sp³-hybridized carbons (Fsp3) is 0. The highest BCUT2D eigenvalue weighted by molar-refractivity contribution is 7.25. The molecule has 4 heterocycles. The first-order valence-corrected chi connectivity index (χ1v) is 22.3. The van der Waals surface area contributed by atoms with Crippen LogP contribution in [0.2, 0.25) is 0 Å². The predicted molar refractivity (Wildman–Crippen MR) is 272 cm³/mol. The van der Waals surface area contributed by atoms with Gasteiger partial charge in [-0.05, 0) is 105 Å². The van der Waals surface area contributed by atoms with E-state index in [1.165, 1.54) is 68.8 Å². The first-order valence-electron chi connectivity index (χ1n) is 21.5. The lowest BCUT2D eigenvalue weighted by atomic mass is 9.96. The number of benzene rings is 10. The van der Waals surface area contributed by atoms with E-state index in [-0.39, 0.29) is 5.84 Å². The molecule has 5 nitrogen and oxygen atoms in total. The summed E-state index contributed by atoms with van der Waals surface area (Å²) in [7, 11) is 0. The van der Waals surface area contributed by atoms with Gasteiger partial charge < -0.3 is 14.0 Å². The highest BCUT2D eigenvalue weighted by Crippen LogP contribution is 2.42. The summed E-state index contributed by atoms with van der Waals surface area (Å²) in [6, 6.07) is 67.3. The molecule has 64 heavy (non-hydrogen) atoms. The molecule has 0 atom stereocenters. The Morgan fingerprint density at radius 3 is 2.12 bits per heavy atom. The van der Waals surface area contributed by atoms with Crippen LogP contribution in [0.5, 0.6) is 0 Å². The Balaban J connectivity index is 0.997. The molecule has 0 saturated carbocycles. The monoisotopic (exact) mass is 834 g/mol. The van der Waals surface area contributed by atoms with Gasteiger partial charge in [0.25, 0.3) is 0 Å². The number of rotatable bonds is 4. The van der Waals surface area contributed by atoms with Gasteiger partial charge in [-0.15, -0.1) is 11.3 Å². The van der Waals surface area contributed by atoms with E-state index >= 15 is 0 Å². The number of fused-ring (bicyclic) bond motifs is 14. The second kappa shape index (κ2) is 13.3. The van der Waals surface area contributed by atoms with Crippen LogP contribution in [0.15, 0.2) is 197 Å². The average molecular weight is 835 g/mol. The van der Waals surface area contributed by atoms with Crippen LogP contribution in [-0.2, 0) is 0 Å². The summed E-state index contributed by atoms with van der Waals surface area (Å²) >= 11 is 1.78. The highest BCUT2D eigenvalue weighted by Gasteiger charge is 2.21. The van der Waals surface area contributed by atoms with Gasteiger partial charge >= 0.3 is 0 Å². The Hall–Kier alpha value is -8.32. The van der Waals surface area contributed by atoms with E-state index in [2.05, 4.69) is 179 Å². The molecule has 0 aliphatic carbocycles. The molecule has 0 amide bonds. The Kier molecular flexibility index (Phi) is 7.36. The van der Waals surface area contributed by atoms with Crippen LogP contribution >= 0.6 is 11.3 Å². The molecule has 0 saturated heterocycles. The number of H-pyrrole nitrogens is 1. The Bertz CT molecular complexity index is 4350. The van der Waals surface area contributed by atoms with Gasteiger partial charge in [-0.25, -0.2) is 4.99 Å². The third kappa shape index (κ3) is 5.24. The Morgan fingerprint density at radius 1 is 0.516 bits per heavy atom. The van der Waals surface area contributed by atoms with Gasteiger partial charge in [-0.1, -0.05) is 121 Å². The summed E-state index contributed by atoms with van der Waals surface area (Å²) in [6.45, 7) is 0. The molecular weight excluding hydrogens is 801 g/mol. The van der Waals surface area contributed by atoms with Crippen LogP contribution < -0.4 is 0 Å². The van der Waals surface area contributed by atoms with Gasteiger partial charge in [0.05, 0.1) is 16.6 Å². The Morgan fingerprint density at radius 2 is 1.22 bits per heavy atom. The summed E-state index contributed by atoms with van der Waals surface area (Å²) in [5, 5.41) is 23.5. The minimum absolute atomic E-state index is 0.133. The molecule has 0 aliphatic rings. The minimum atomic E-state index is 0.133. The maximum Gasteiger partial charge on any atom is 0.155 e.